The van der Waals surface area contributed by atoms with Crippen LogP contribution in [0.4, 0.5) is 0 Å². The Labute approximate surface area is 187 Å². The molecular weight excluding hydrogens is 432 g/mol. The van der Waals surface area contributed by atoms with Gasteiger partial charge in [-0.2, -0.15) is 4.98 Å². The summed E-state index contributed by atoms with van der Waals surface area (Å²) in [6.45, 7) is 2.52. The van der Waals surface area contributed by atoms with Crippen molar-refractivity contribution in [2.24, 2.45) is 0 Å². The van der Waals surface area contributed by atoms with Gasteiger partial charge in [0, 0.05) is 37.7 Å². The van der Waals surface area contributed by atoms with Gasteiger partial charge in [-0.3, -0.25) is 4.90 Å². The fourth-order valence-electron chi connectivity index (χ4n) is 3.69. The van der Waals surface area contributed by atoms with Crippen LogP contribution in [0.3, 0.4) is 0 Å². The first-order valence-electron chi connectivity index (χ1n) is 10.4. The van der Waals surface area contributed by atoms with Crippen molar-refractivity contribution in [3.8, 4) is 17.3 Å². The molecule has 0 saturated carbocycles. The average Bonchev–Trinajstić information content (AvgIpc) is 3.44. The molecule has 1 atom stereocenters. The van der Waals surface area contributed by atoms with Gasteiger partial charge in [0.15, 0.2) is 9.84 Å². The van der Waals surface area contributed by atoms with Gasteiger partial charge in [0.2, 0.25) is 17.6 Å². The van der Waals surface area contributed by atoms with Gasteiger partial charge >= 0.3 is 0 Å². The summed E-state index contributed by atoms with van der Waals surface area (Å²) in [4.78, 5) is 11.5. The number of benzene rings is 1. The van der Waals surface area contributed by atoms with Crippen LogP contribution in [0.1, 0.15) is 30.3 Å². The number of rotatable bonds is 9. The minimum atomic E-state index is -3.20. The molecule has 0 bridgehead atoms. The predicted octanol–water partition coefficient (Wildman–Crippen LogP) is 2.90. The highest BCUT2D eigenvalue weighted by Crippen LogP contribution is 2.33. The number of likely N-dealkylation sites (tertiary alicyclic amines) is 1. The molecule has 10 heteroatoms. The van der Waals surface area contributed by atoms with Gasteiger partial charge in [-0.25, -0.2) is 13.4 Å². The molecule has 32 heavy (non-hydrogen) atoms. The Morgan fingerprint density at radius 3 is 2.66 bits per heavy atom. The maximum Gasteiger partial charge on any atom is 0.244 e. The van der Waals surface area contributed by atoms with Crippen LogP contribution in [0.5, 0.6) is 5.88 Å². The summed E-state index contributed by atoms with van der Waals surface area (Å²) in [5.74, 6) is 1.57. The standard InChI is InChI=1S/C22H26N4O5S/c1-29-12-13-30-20-10-7-17(14-23-20)21-24-22(31-25-21)19-4-3-11-26(19)15-16-5-8-18(9-6-16)32(2,27)28/h5-10,14,19H,3-4,11-13,15H2,1-2H3/t19-/m1/s1. The van der Waals surface area contributed by atoms with Crippen LogP contribution in [0.2, 0.25) is 0 Å². The molecule has 1 aromatic carbocycles. The fraction of sp³-hybridized carbons (Fsp3) is 0.409. The number of methoxy groups -OCH3 is 1. The summed E-state index contributed by atoms with van der Waals surface area (Å²) in [5.41, 5.74) is 1.79. The van der Waals surface area contributed by atoms with Gasteiger partial charge in [0.25, 0.3) is 0 Å². The zero-order valence-electron chi connectivity index (χ0n) is 18.1. The van der Waals surface area contributed by atoms with E-state index in [9.17, 15) is 8.42 Å². The minimum Gasteiger partial charge on any atom is -0.475 e. The van der Waals surface area contributed by atoms with E-state index < -0.39 is 9.84 Å². The van der Waals surface area contributed by atoms with Crippen molar-refractivity contribution in [2.45, 2.75) is 30.3 Å². The first kappa shape index (κ1) is 22.4. The van der Waals surface area contributed by atoms with E-state index in [1.165, 1.54) is 6.26 Å². The van der Waals surface area contributed by atoms with Crippen molar-refractivity contribution in [2.75, 3.05) is 33.1 Å². The molecule has 1 saturated heterocycles. The molecule has 1 aliphatic rings. The lowest BCUT2D eigenvalue weighted by molar-refractivity contribution is 0.144. The molecule has 3 aromatic rings. The van der Waals surface area contributed by atoms with Crippen LogP contribution in [0.25, 0.3) is 11.4 Å². The Morgan fingerprint density at radius 2 is 1.97 bits per heavy atom. The van der Waals surface area contributed by atoms with E-state index in [1.54, 1.807) is 31.5 Å². The molecule has 2 aromatic heterocycles. The molecule has 4 rings (SSSR count). The van der Waals surface area contributed by atoms with Crippen molar-refractivity contribution in [1.29, 1.82) is 0 Å². The number of hydrogen-bond donors (Lipinski definition) is 0. The molecule has 1 fully saturated rings. The van der Waals surface area contributed by atoms with Crippen molar-refractivity contribution >= 4 is 9.84 Å². The van der Waals surface area contributed by atoms with E-state index in [0.717, 1.165) is 30.5 Å². The Bertz CT molecular complexity index is 1130. The lowest BCUT2D eigenvalue weighted by Gasteiger charge is -2.21. The van der Waals surface area contributed by atoms with Crippen molar-refractivity contribution in [3.05, 3.63) is 54.0 Å². The Balaban J connectivity index is 1.42. The zero-order valence-corrected chi connectivity index (χ0v) is 18.9. The van der Waals surface area contributed by atoms with Gasteiger partial charge in [-0.15, -0.1) is 0 Å². The van der Waals surface area contributed by atoms with Crippen LogP contribution < -0.4 is 4.74 Å². The molecule has 0 radical (unpaired) electrons. The monoisotopic (exact) mass is 458 g/mol. The minimum absolute atomic E-state index is 0.0236. The number of hydrogen-bond acceptors (Lipinski definition) is 9. The molecule has 3 heterocycles. The smallest absolute Gasteiger partial charge is 0.244 e. The molecule has 1 aliphatic heterocycles. The number of sulfone groups is 1. The van der Waals surface area contributed by atoms with Gasteiger partial charge in [-0.05, 0) is 43.1 Å². The molecule has 0 spiro atoms. The van der Waals surface area contributed by atoms with E-state index in [2.05, 4.69) is 20.0 Å². The lowest BCUT2D eigenvalue weighted by Crippen LogP contribution is -2.23. The number of nitrogens with zero attached hydrogens (tertiary/aromatic N) is 4. The SMILES string of the molecule is COCCOc1ccc(-c2noc([C@H]3CCCN3Cc3ccc(S(C)(=O)=O)cc3)n2)cn1. The average molecular weight is 459 g/mol. The van der Waals surface area contributed by atoms with Crippen LogP contribution in [-0.4, -0.2) is 61.6 Å². The van der Waals surface area contributed by atoms with Crippen molar-refractivity contribution in [3.63, 3.8) is 0 Å². The second kappa shape index (κ2) is 9.76. The Kier molecular flexibility index (Phi) is 6.83. The van der Waals surface area contributed by atoms with E-state index in [0.29, 0.717) is 42.2 Å². The summed E-state index contributed by atoms with van der Waals surface area (Å²) in [6, 6.07) is 10.6. The van der Waals surface area contributed by atoms with Gasteiger partial charge < -0.3 is 14.0 Å². The molecular formula is C22H26N4O5S. The first-order chi connectivity index (χ1) is 15.4. The highest BCUT2D eigenvalue weighted by atomic mass is 32.2. The van der Waals surface area contributed by atoms with E-state index >= 15 is 0 Å². The normalized spacial score (nSPS) is 17.0. The Hall–Kier alpha value is -2.82. The van der Waals surface area contributed by atoms with Crippen LogP contribution >= 0.6 is 0 Å². The van der Waals surface area contributed by atoms with Gasteiger partial charge in [0.1, 0.15) is 6.61 Å². The fourth-order valence-corrected chi connectivity index (χ4v) is 4.32. The van der Waals surface area contributed by atoms with E-state index in [-0.39, 0.29) is 6.04 Å². The summed E-state index contributed by atoms with van der Waals surface area (Å²) >= 11 is 0. The molecule has 170 valence electrons. The first-order valence-corrected chi connectivity index (χ1v) is 12.3. The summed E-state index contributed by atoms with van der Waals surface area (Å²) < 4.78 is 39.4. The second-order valence-corrected chi connectivity index (χ2v) is 9.74. The third-order valence-corrected chi connectivity index (χ3v) is 6.49. The maximum atomic E-state index is 11.7. The van der Waals surface area contributed by atoms with Crippen LogP contribution in [-0.2, 0) is 21.1 Å². The number of pyridine rings is 1. The number of aromatic nitrogens is 3. The summed E-state index contributed by atoms with van der Waals surface area (Å²) in [6.07, 6.45) is 4.82. The summed E-state index contributed by atoms with van der Waals surface area (Å²) in [7, 11) is -1.58. The Morgan fingerprint density at radius 1 is 1.16 bits per heavy atom. The molecule has 0 aliphatic carbocycles. The summed E-state index contributed by atoms with van der Waals surface area (Å²) in [5, 5.41) is 4.14. The molecule has 0 amide bonds. The van der Waals surface area contributed by atoms with Crippen LogP contribution in [0, 0.1) is 0 Å². The largest absolute Gasteiger partial charge is 0.475 e. The molecule has 9 nitrogen and oxygen atoms in total. The van der Waals surface area contributed by atoms with Gasteiger partial charge in [0.05, 0.1) is 17.5 Å². The van der Waals surface area contributed by atoms with Crippen LogP contribution in [0.15, 0.2) is 52.0 Å². The van der Waals surface area contributed by atoms with Crippen molar-refractivity contribution in [1.82, 2.24) is 20.0 Å². The predicted molar refractivity (Wildman–Crippen MR) is 117 cm³/mol. The quantitative estimate of drug-likeness (QED) is 0.447. The lowest BCUT2D eigenvalue weighted by atomic mass is 10.2. The van der Waals surface area contributed by atoms with Crippen molar-refractivity contribution < 1.29 is 22.4 Å². The topological polar surface area (TPSA) is 108 Å². The van der Waals surface area contributed by atoms with E-state index in [4.69, 9.17) is 14.0 Å². The highest BCUT2D eigenvalue weighted by molar-refractivity contribution is 7.90. The van der Waals surface area contributed by atoms with E-state index in [1.807, 2.05) is 18.2 Å². The molecule has 0 N–H and O–H groups in total. The number of ether oxygens (including phenoxy) is 2. The third-order valence-electron chi connectivity index (χ3n) is 5.36. The molecule has 0 unspecified atom stereocenters. The zero-order chi connectivity index (χ0) is 22.6. The third kappa shape index (κ3) is 5.32. The van der Waals surface area contributed by atoms with Gasteiger partial charge in [-0.1, -0.05) is 17.3 Å². The second-order valence-electron chi connectivity index (χ2n) is 7.73. The highest BCUT2D eigenvalue weighted by Gasteiger charge is 2.31. The maximum absolute atomic E-state index is 11.7.